The fourth-order valence-corrected chi connectivity index (χ4v) is 2.49. The Morgan fingerprint density at radius 1 is 1.21 bits per heavy atom. The number of halogens is 3. The second-order valence-electron chi connectivity index (χ2n) is 4.81. The van der Waals surface area contributed by atoms with Crippen molar-refractivity contribution >= 4 is 28.3 Å². The molecule has 1 heterocycles. The Balaban J connectivity index is 2.10. The molecule has 0 fully saturated rings. The number of nitrogens with zero attached hydrogens (tertiary/aromatic N) is 2. The van der Waals surface area contributed by atoms with Gasteiger partial charge in [0.05, 0.1) is 12.5 Å². The molecule has 0 spiro atoms. The van der Waals surface area contributed by atoms with Crippen LogP contribution in [0.25, 0.3) is 0 Å². The van der Waals surface area contributed by atoms with Gasteiger partial charge >= 0.3 is 12.1 Å². The van der Waals surface area contributed by atoms with Crippen LogP contribution in [-0.2, 0) is 9.59 Å². The minimum absolute atomic E-state index is 0.242. The van der Waals surface area contributed by atoms with Crippen molar-refractivity contribution in [2.75, 3.05) is 5.32 Å². The minimum atomic E-state index is -5.03. The number of aromatic nitrogens is 2. The number of hydrogen-bond acceptors (Lipinski definition) is 5. The van der Waals surface area contributed by atoms with E-state index in [1.807, 2.05) is 5.32 Å². The lowest BCUT2D eigenvalue weighted by Crippen LogP contribution is -2.40. The zero-order chi connectivity index (χ0) is 17.7. The highest BCUT2D eigenvalue weighted by atomic mass is 32.1. The molecule has 2 N–H and O–H groups in total. The Kier molecular flexibility index (Phi) is 5.50. The van der Waals surface area contributed by atoms with Gasteiger partial charge in [0.1, 0.15) is 5.01 Å². The van der Waals surface area contributed by atoms with Crippen molar-refractivity contribution in [3.8, 4) is 0 Å². The molecule has 128 valence electrons. The zero-order valence-corrected chi connectivity index (χ0v) is 13.2. The van der Waals surface area contributed by atoms with Gasteiger partial charge in [-0.15, -0.1) is 10.2 Å². The Hall–Kier alpha value is -2.49. The number of carbonyl (C=O) groups excluding carboxylic acids is 2. The normalized spacial score (nSPS) is 12.5. The molecule has 0 saturated carbocycles. The van der Waals surface area contributed by atoms with Crippen LogP contribution in [0.2, 0.25) is 0 Å². The van der Waals surface area contributed by atoms with E-state index < -0.39 is 24.0 Å². The fourth-order valence-electron chi connectivity index (χ4n) is 1.88. The van der Waals surface area contributed by atoms with Crippen LogP contribution in [0.4, 0.5) is 18.3 Å². The average molecular weight is 358 g/mol. The Labute approximate surface area is 139 Å². The highest BCUT2D eigenvalue weighted by Crippen LogP contribution is 2.22. The van der Waals surface area contributed by atoms with E-state index >= 15 is 0 Å². The van der Waals surface area contributed by atoms with Crippen LogP contribution >= 0.6 is 11.3 Å². The van der Waals surface area contributed by atoms with Crippen molar-refractivity contribution in [1.29, 1.82) is 0 Å². The summed E-state index contributed by atoms with van der Waals surface area (Å²) < 4.78 is 37.4. The van der Waals surface area contributed by atoms with Crippen LogP contribution in [-0.4, -0.2) is 28.2 Å². The lowest BCUT2D eigenvalue weighted by Gasteiger charge is -2.19. The average Bonchev–Trinajstić information content (AvgIpc) is 2.91. The van der Waals surface area contributed by atoms with Gasteiger partial charge in [-0.2, -0.15) is 13.2 Å². The molecule has 0 aliphatic rings. The van der Waals surface area contributed by atoms with Gasteiger partial charge in [-0.05, 0) is 12.5 Å². The number of rotatable bonds is 5. The monoisotopic (exact) mass is 358 g/mol. The smallest absolute Gasteiger partial charge is 0.341 e. The number of aryl methyl sites for hydroxylation is 1. The van der Waals surface area contributed by atoms with Gasteiger partial charge in [0.2, 0.25) is 11.0 Å². The summed E-state index contributed by atoms with van der Waals surface area (Å²) in [6, 6.07) is 6.83. The van der Waals surface area contributed by atoms with Gasteiger partial charge in [-0.25, -0.2) is 0 Å². The summed E-state index contributed by atoms with van der Waals surface area (Å²) in [7, 11) is 0. The molecule has 1 aromatic carbocycles. The van der Waals surface area contributed by atoms with Crippen molar-refractivity contribution < 1.29 is 22.8 Å². The molecule has 6 nitrogen and oxygen atoms in total. The van der Waals surface area contributed by atoms with E-state index in [1.165, 1.54) is 12.1 Å². The molecule has 1 atom stereocenters. The quantitative estimate of drug-likeness (QED) is 0.861. The van der Waals surface area contributed by atoms with Crippen molar-refractivity contribution in [3.05, 3.63) is 40.9 Å². The van der Waals surface area contributed by atoms with Gasteiger partial charge < -0.3 is 10.6 Å². The number of carbonyl (C=O) groups is 2. The van der Waals surface area contributed by atoms with E-state index in [0.717, 1.165) is 11.3 Å². The molecule has 2 aromatic rings. The lowest BCUT2D eigenvalue weighted by atomic mass is 10.0. The standard InChI is InChI=1S/C14H13F3N4O2S/c1-8-20-21-13(24-8)19-11(22)7-10(9-5-3-2-4-6-9)18-12(23)14(15,16)17/h2-6,10H,7H2,1H3,(H,18,23)(H,19,21,22). The van der Waals surface area contributed by atoms with Crippen LogP contribution in [0.15, 0.2) is 30.3 Å². The second-order valence-corrected chi connectivity index (χ2v) is 5.99. The third kappa shape index (κ3) is 5.01. The number of anilines is 1. The third-order valence-corrected chi connectivity index (χ3v) is 3.68. The summed E-state index contributed by atoms with van der Waals surface area (Å²) in [4.78, 5) is 23.2. The third-order valence-electron chi connectivity index (χ3n) is 2.93. The molecular weight excluding hydrogens is 345 g/mol. The summed E-state index contributed by atoms with van der Waals surface area (Å²) in [5.74, 6) is -2.68. The Bertz CT molecular complexity index is 718. The van der Waals surface area contributed by atoms with Gasteiger partial charge in [0.25, 0.3) is 0 Å². The number of alkyl halides is 3. The molecule has 10 heteroatoms. The lowest BCUT2D eigenvalue weighted by molar-refractivity contribution is -0.174. The van der Waals surface area contributed by atoms with E-state index in [2.05, 4.69) is 15.5 Å². The van der Waals surface area contributed by atoms with E-state index in [0.29, 0.717) is 10.6 Å². The zero-order valence-electron chi connectivity index (χ0n) is 12.4. The first-order chi connectivity index (χ1) is 11.3. The molecule has 2 amide bonds. The summed E-state index contributed by atoms with van der Waals surface area (Å²) in [6.07, 6.45) is -5.40. The molecule has 24 heavy (non-hydrogen) atoms. The first-order valence-corrected chi connectivity index (χ1v) is 7.60. The molecule has 0 aliphatic carbocycles. The van der Waals surface area contributed by atoms with Gasteiger partial charge in [-0.1, -0.05) is 41.7 Å². The summed E-state index contributed by atoms with van der Waals surface area (Å²) in [5.41, 5.74) is 0.388. The van der Waals surface area contributed by atoms with E-state index in [-0.39, 0.29) is 11.6 Å². The maximum Gasteiger partial charge on any atom is 0.471 e. The molecule has 0 saturated heterocycles. The maximum absolute atomic E-state index is 12.5. The number of hydrogen-bond donors (Lipinski definition) is 2. The second kappa shape index (κ2) is 7.39. The number of benzene rings is 1. The maximum atomic E-state index is 12.5. The highest BCUT2D eigenvalue weighted by molar-refractivity contribution is 7.15. The summed E-state index contributed by atoms with van der Waals surface area (Å²) in [6.45, 7) is 1.70. The molecule has 1 aromatic heterocycles. The molecule has 1 unspecified atom stereocenters. The van der Waals surface area contributed by atoms with Crippen LogP contribution < -0.4 is 10.6 Å². The van der Waals surface area contributed by atoms with Crippen molar-refractivity contribution in [2.24, 2.45) is 0 Å². The van der Waals surface area contributed by atoms with Gasteiger partial charge in [-0.3, -0.25) is 9.59 Å². The van der Waals surface area contributed by atoms with Crippen LogP contribution in [0.1, 0.15) is 23.0 Å². The Morgan fingerprint density at radius 3 is 2.42 bits per heavy atom. The number of amides is 2. The molecular formula is C14H13F3N4O2S. The van der Waals surface area contributed by atoms with Gasteiger partial charge in [0.15, 0.2) is 0 Å². The fraction of sp³-hybridized carbons (Fsp3) is 0.286. The van der Waals surface area contributed by atoms with Crippen LogP contribution in [0.3, 0.4) is 0 Å². The van der Waals surface area contributed by atoms with Crippen molar-refractivity contribution in [1.82, 2.24) is 15.5 Å². The predicted molar refractivity (Wildman–Crippen MR) is 81.3 cm³/mol. The van der Waals surface area contributed by atoms with Crippen molar-refractivity contribution in [3.63, 3.8) is 0 Å². The van der Waals surface area contributed by atoms with E-state index in [1.54, 1.807) is 25.1 Å². The van der Waals surface area contributed by atoms with Crippen LogP contribution in [0.5, 0.6) is 0 Å². The highest BCUT2D eigenvalue weighted by Gasteiger charge is 2.40. The summed E-state index contributed by atoms with van der Waals surface area (Å²) in [5, 5.41) is 12.6. The van der Waals surface area contributed by atoms with E-state index in [9.17, 15) is 22.8 Å². The minimum Gasteiger partial charge on any atom is -0.341 e. The summed E-state index contributed by atoms with van der Waals surface area (Å²) >= 11 is 1.14. The van der Waals surface area contributed by atoms with Crippen molar-refractivity contribution in [2.45, 2.75) is 25.6 Å². The number of nitrogens with one attached hydrogen (secondary N) is 2. The topological polar surface area (TPSA) is 84.0 Å². The SMILES string of the molecule is Cc1nnc(NC(=O)CC(NC(=O)C(F)(F)F)c2ccccc2)s1. The van der Waals surface area contributed by atoms with Gasteiger partial charge in [0, 0.05) is 0 Å². The molecule has 0 radical (unpaired) electrons. The first-order valence-electron chi connectivity index (χ1n) is 6.78. The Morgan fingerprint density at radius 2 is 1.88 bits per heavy atom. The molecule has 2 rings (SSSR count). The first kappa shape index (κ1) is 17.9. The largest absolute Gasteiger partial charge is 0.471 e. The van der Waals surface area contributed by atoms with Crippen LogP contribution in [0, 0.1) is 6.92 Å². The van der Waals surface area contributed by atoms with E-state index in [4.69, 9.17) is 0 Å². The molecule has 0 aliphatic heterocycles. The predicted octanol–water partition coefficient (Wildman–Crippen LogP) is 2.59. The molecule has 0 bridgehead atoms.